The molecule has 5 heteroatoms. The first kappa shape index (κ1) is 9.21. The van der Waals surface area contributed by atoms with E-state index in [0.29, 0.717) is 13.1 Å². The van der Waals surface area contributed by atoms with Gasteiger partial charge in [0.05, 0.1) is 17.9 Å². The van der Waals surface area contributed by atoms with Crippen molar-refractivity contribution in [2.24, 2.45) is 13.0 Å². The minimum absolute atomic E-state index is 0.00806. The lowest BCUT2D eigenvalue weighted by Crippen LogP contribution is -2.21. The summed E-state index contributed by atoms with van der Waals surface area (Å²) < 4.78 is 1.84. The molecule has 2 unspecified atom stereocenters. The zero-order valence-electron chi connectivity index (χ0n) is 7.97. The van der Waals surface area contributed by atoms with Gasteiger partial charge in [0.1, 0.15) is 0 Å². The zero-order chi connectivity index (χ0) is 10.1. The van der Waals surface area contributed by atoms with E-state index in [0.717, 1.165) is 5.69 Å². The van der Waals surface area contributed by atoms with Crippen LogP contribution in [0.4, 0.5) is 0 Å². The van der Waals surface area contributed by atoms with Gasteiger partial charge in [0, 0.05) is 32.3 Å². The summed E-state index contributed by atoms with van der Waals surface area (Å²) in [5.41, 5.74) is 0.866. The molecule has 2 rings (SSSR count). The van der Waals surface area contributed by atoms with Crippen LogP contribution in [0.3, 0.4) is 0 Å². The Morgan fingerprint density at radius 3 is 3.07 bits per heavy atom. The summed E-state index contributed by atoms with van der Waals surface area (Å²) in [6, 6.07) is 0. The molecule has 76 valence electrons. The summed E-state index contributed by atoms with van der Waals surface area (Å²) in [5, 5.41) is 12.1. The van der Waals surface area contributed by atoms with Crippen molar-refractivity contribution in [2.45, 2.75) is 5.92 Å². The number of carbonyl (C=O) groups is 1. The Morgan fingerprint density at radius 1 is 1.71 bits per heavy atom. The van der Waals surface area contributed by atoms with Gasteiger partial charge in [-0.15, -0.1) is 0 Å². The minimum atomic E-state index is -0.745. The highest BCUT2D eigenvalue weighted by Crippen LogP contribution is 2.26. The van der Waals surface area contributed by atoms with Gasteiger partial charge in [-0.2, -0.15) is 0 Å². The van der Waals surface area contributed by atoms with E-state index in [1.54, 1.807) is 6.33 Å². The van der Waals surface area contributed by atoms with E-state index in [4.69, 9.17) is 5.11 Å². The predicted molar refractivity (Wildman–Crippen MR) is 49.9 cm³/mol. The van der Waals surface area contributed by atoms with Crippen LogP contribution in [0, 0.1) is 5.92 Å². The molecule has 2 N–H and O–H groups in total. The molecule has 2 atom stereocenters. The van der Waals surface area contributed by atoms with Crippen molar-refractivity contribution in [1.29, 1.82) is 0 Å². The third-order valence-electron chi connectivity index (χ3n) is 2.64. The highest BCUT2D eigenvalue weighted by atomic mass is 16.4. The Labute approximate surface area is 81.8 Å². The molecule has 0 aromatic carbocycles. The number of aromatic nitrogens is 2. The van der Waals surface area contributed by atoms with Gasteiger partial charge in [0.2, 0.25) is 0 Å². The van der Waals surface area contributed by atoms with Crippen molar-refractivity contribution < 1.29 is 9.90 Å². The molecule has 0 bridgehead atoms. The van der Waals surface area contributed by atoms with Gasteiger partial charge in [-0.05, 0) is 0 Å². The van der Waals surface area contributed by atoms with Gasteiger partial charge in [-0.1, -0.05) is 0 Å². The van der Waals surface area contributed by atoms with Gasteiger partial charge in [0.25, 0.3) is 0 Å². The lowest BCUT2D eigenvalue weighted by Gasteiger charge is -2.11. The number of nitrogens with zero attached hydrogens (tertiary/aromatic N) is 2. The highest BCUT2D eigenvalue weighted by molar-refractivity contribution is 5.72. The summed E-state index contributed by atoms with van der Waals surface area (Å²) in [6.07, 6.45) is 3.58. The number of nitrogens with one attached hydrogen (secondary N) is 1. The van der Waals surface area contributed by atoms with Crippen LogP contribution < -0.4 is 5.32 Å². The fourth-order valence-electron chi connectivity index (χ4n) is 1.87. The lowest BCUT2D eigenvalue weighted by molar-refractivity contribution is -0.141. The van der Waals surface area contributed by atoms with Crippen molar-refractivity contribution >= 4 is 5.97 Å². The number of imidazole rings is 1. The first-order chi connectivity index (χ1) is 6.68. The molecule has 0 saturated carbocycles. The van der Waals surface area contributed by atoms with E-state index in [-0.39, 0.29) is 11.8 Å². The molecule has 2 heterocycles. The normalized spacial score (nSPS) is 26.6. The van der Waals surface area contributed by atoms with Crippen molar-refractivity contribution in [3.8, 4) is 0 Å². The fraction of sp³-hybridized carbons (Fsp3) is 0.556. The van der Waals surface area contributed by atoms with Crippen molar-refractivity contribution in [3.05, 3.63) is 18.2 Å². The number of hydrogen-bond acceptors (Lipinski definition) is 3. The molecule has 0 radical (unpaired) electrons. The molecule has 1 aliphatic heterocycles. The maximum Gasteiger partial charge on any atom is 0.308 e. The molecule has 1 aromatic heterocycles. The number of aliphatic carboxylic acids is 1. The second kappa shape index (κ2) is 3.42. The van der Waals surface area contributed by atoms with Crippen LogP contribution in [0.15, 0.2) is 12.5 Å². The number of hydrogen-bond donors (Lipinski definition) is 2. The highest BCUT2D eigenvalue weighted by Gasteiger charge is 2.35. The SMILES string of the molecule is Cn1cnc(C2CNCC2C(=O)O)c1. The Hall–Kier alpha value is -1.36. The number of rotatable bonds is 2. The topological polar surface area (TPSA) is 67.2 Å². The Kier molecular flexibility index (Phi) is 2.25. The quantitative estimate of drug-likeness (QED) is 0.686. The average Bonchev–Trinajstić information content (AvgIpc) is 2.70. The largest absolute Gasteiger partial charge is 0.481 e. The average molecular weight is 195 g/mol. The molecule has 1 aromatic rings. The first-order valence-electron chi connectivity index (χ1n) is 4.60. The van der Waals surface area contributed by atoms with Gasteiger partial charge in [-0.3, -0.25) is 4.79 Å². The lowest BCUT2D eigenvalue weighted by atomic mass is 9.94. The van der Waals surface area contributed by atoms with E-state index in [1.165, 1.54) is 0 Å². The molecule has 0 spiro atoms. The van der Waals surface area contributed by atoms with Gasteiger partial charge < -0.3 is 15.0 Å². The Morgan fingerprint density at radius 2 is 2.50 bits per heavy atom. The molecule has 1 aliphatic rings. The molecular formula is C9H13N3O2. The van der Waals surface area contributed by atoms with Gasteiger partial charge >= 0.3 is 5.97 Å². The molecule has 14 heavy (non-hydrogen) atoms. The van der Waals surface area contributed by atoms with Gasteiger partial charge in [-0.25, -0.2) is 4.98 Å². The van der Waals surface area contributed by atoms with Gasteiger partial charge in [0.15, 0.2) is 0 Å². The van der Waals surface area contributed by atoms with Crippen molar-refractivity contribution in [2.75, 3.05) is 13.1 Å². The molecule has 0 aliphatic carbocycles. The second-order valence-corrected chi connectivity index (χ2v) is 3.67. The third kappa shape index (κ3) is 1.50. The fourth-order valence-corrected chi connectivity index (χ4v) is 1.87. The van der Waals surface area contributed by atoms with E-state index < -0.39 is 5.97 Å². The van der Waals surface area contributed by atoms with E-state index in [9.17, 15) is 4.79 Å². The van der Waals surface area contributed by atoms with Crippen LogP contribution in [0.25, 0.3) is 0 Å². The maximum absolute atomic E-state index is 10.9. The maximum atomic E-state index is 10.9. The van der Waals surface area contributed by atoms with Crippen LogP contribution in [-0.4, -0.2) is 33.7 Å². The smallest absolute Gasteiger partial charge is 0.308 e. The van der Waals surface area contributed by atoms with Crippen LogP contribution in [-0.2, 0) is 11.8 Å². The van der Waals surface area contributed by atoms with E-state index in [2.05, 4.69) is 10.3 Å². The van der Waals surface area contributed by atoms with Crippen LogP contribution in [0.5, 0.6) is 0 Å². The third-order valence-corrected chi connectivity index (χ3v) is 2.64. The summed E-state index contributed by atoms with van der Waals surface area (Å²) in [7, 11) is 1.88. The zero-order valence-corrected chi connectivity index (χ0v) is 7.97. The van der Waals surface area contributed by atoms with Crippen molar-refractivity contribution in [1.82, 2.24) is 14.9 Å². The van der Waals surface area contributed by atoms with Crippen LogP contribution in [0.2, 0.25) is 0 Å². The predicted octanol–water partition coefficient (Wildman–Crippen LogP) is -0.192. The molecule has 1 saturated heterocycles. The number of carboxylic acids is 1. The first-order valence-corrected chi connectivity index (χ1v) is 4.60. The van der Waals surface area contributed by atoms with Crippen LogP contribution in [0.1, 0.15) is 11.6 Å². The summed E-state index contributed by atoms with van der Waals surface area (Å²) >= 11 is 0. The Bertz CT molecular complexity index is 348. The van der Waals surface area contributed by atoms with Crippen molar-refractivity contribution in [3.63, 3.8) is 0 Å². The van der Waals surface area contributed by atoms with E-state index >= 15 is 0 Å². The molecule has 5 nitrogen and oxygen atoms in total. The summed E-state index contributed by atoms with van der Waals surface area (Å²) in [4.78, 5) is 15.1. The standard InChI is InChI=1S/C9H13N3O2/c1-12-4-8(11-5-12)6-2-10-3-7(6)9(13)14/h4-7,10H,2-3H2,1H3,(H,13,14). The summed E-state index contributed by atoms with van der Waals surface area (Å²) in [6.45, 7) is 1.24. The number of carboxylic acid groups (broad SMARTS) is 1. The molecular weight excluding hydrogens is 182 g/mol. The van der Waals surface area contributed by atoms with E-state index in [1.807, 2.05) is 17.8 Å². The second-order valence-electron chi connectivity index (χ2n) is 3.67. The molecule has 1 fully saturated rings. The monoisotopic (exact) mass is 195 g/mol. The minimum Gasteiger partial charge on any atom is -0.481 e. The van der Waals surface area contributed by atoms with Crippen LogP contribution >= 0.6 is 0 Å². The number of aryl methyl sites for hydroxylation is 1. The summed E-state index contributed by atoms with van der Waals surface area (Å²) in [5.74, 6) is -1.08. The molecule has 0 amide bonds. The Balaban J connectivity index is 2.21.